The lowest BCUT2D eigenvalue weighted by molar-refractivity contribution is 0.0854. The van der Waals surface area contributed by atoms with Crippen LogP contribution in [-0.2, 0) is 4.74 Å². The van der Waals surface area contributed by atoms with Gasteiger partial charge in [0.2, 0.25) is 6.79 Å². The van der Waals surface area contributed by atoms with Crippen LogP contribution in [0, 0.1) is 0 Å². The summed E-state index contributed by atoms with van der Waals surface area (Å²) in [5.74, 6) is 1.28. The van der Waals surface area contributed by atoms with Gasteiger partial charge in [0, 0.05) is 24.1 Å². The van der Waals surface area contributed by atoms with Crippen LogP contribution in [-0.4, -0.2) is 36.9 Å². The van der Waals surface area contributed by atoms with Crippen LogP contribution >= 0.6 is 11.3 Å². The smallest absolute Gasteiger partial charge is 0.270 e. The van der Waals surface area contributed by atoms with Gasteiger partial charge in [-0.1, -0.05) is 0 Å². The number of rotatable bonds is 4. The second-order valence-corrected chi connectivity index (χ2v) is 6.31. The summed E-state index contributed by atoms with van der Waals surface area (Å²) in [6.45, 7) is 1.56. The molecular weight excluding hydrogens is 316 g/mol. The third-order valence-electron chi connectivity index (χ3n) is 3.87. The third-order valence-corrected chi connectivity index (χ3v) is 4.76. The molecule has 0 aliphatic carbocycles. The number of thiazole rings is 1. The summed E-state index contributed by atoms with van der Waals surface area (Å²) in [7, 11) is 0. The Kier molecular flexibility index (Phi) is 3.88. The number of ether oxygens (including phenoxy) is 3. The molecule has 23 heavy (non-hydrogen) atoms. The maximum atomic E-state index is 12.2. The Bertz CT molecular complexity index is 725. The van der Waals surface area contributed by atoms with E-state index in [1.54, 1.807) is 5.38 Å². The first kappa shape index (κ1) is 14.5. The van der Waals surface area contributed by atoms with Crippen LogP contribution in [0.25, 0.3) is 10.6 Å². The zero-order valence-electron chi connectivity index (χ0n) is 12.4. The normalized spacial score (nSPS) is 19.0. The molecule has 3 heterocycles. The molecule has 120 valence electrons. The van der Waals surface area contributed by atoms with Gasteiger partial charge in [-0.25, -0.2) is 4.98 Å². The lowest BCUT2D eigenvalue weighted by atomic mass is 10.2. The minimum absolute atomic E-state index is 0.130. The number of nitrogens with zero attached hydrogens (tertiary/aromatic N) is 1. The molecule has 6 nitrogen and oxygen atoms in total. The van der Waals surface area contributed by atoms with Gasteiger partial charge in [0.15, 0.2) is 11.5 Å². The second kappa shape index (κ2) is 6.17. The summed E-state index contributed by atoms with van der Waals surface area (Å²) in [5.41, 5.74) is 1.35. The molecule has 1 aromatic heterocycles. The van der Waals surface area contributed by atoms with Crippen LogP contribution in [0.1, 0.15) is 23.3 Å². The van der Waals surface area contributed by atoms with Gasteiger partial charge in [-0.05, 0) is 31.0 Å². The van der Waals surface area contributed by atoms with E-state index in [-0.39, 0.29) is 18.8 Å². The maximum absolute atomic E-state index is 12.2. The number of carbonyl (C=O) groups is 1. The highest BCUT2D eigenvalue weighted by Crippen LogP contribution is 2.36. The fourth-order valence-electron chi connectivity index (χ4n) is 2.64. The van der Waals surface area contributed by atoms with Crippen molar-refractivity contribution in [2.75, 3.05) is 19.9 Å². The van der Waals surface area contributed by atoms with E-state index in [0.717, 1.165) is 35.8 Å². The van der Waals surface area contributed by atoms with Crippen molar-refractivity contribution in [3.63, 3.8) is 0 Å². The van der Waals surface area contributed by atoms with E-state index in [1.807, 2.05) is 18.2 Å². The van der Waals surface area contributed by atoms with Crippen molar-refractivity contribution < 1.29 is 19.0 Å². The molecule has 7 heteroatoms. The van der Waals surface area contributed by atoms with Crippen molar-refractivity contribution in [3.05, 3.63) is 29.3 Å². The van der Waals surface area contributed by atoms with Crippen LogP contribution in [0.5, 0.6) is 11.5 Å². The van der Waals surface area contributed by atoms with Gasteiger partial charge in [0.25, 0.3) is 5.91 Å². The topological polar surface area (TPSA) is 69.7 Å². The summed E-state index contributed by atoms with van der Waals surface area (Å²) < 4.78 is 16.2. The molecule has 0 spiro atoms. The largest absolute Gasteiger partial charge is 0.454 e. The van der Waals surface area contributed by atoms with Crippen LogP contribution in [0.15, 0.2) is 23.6 Å². The van der Waals surface area contributed by atoms with Gasteiger partial charge in [-0.3, -0.25) is 4.79 Å². The molecule has 1 aromatic carbocycles. The molecule has 4 rings (SSSR count). The van der Waals surface area contributed by atoms with Crippen molar-refractivity contribution in [2.45, 2.75) is 18.9 Å². The Morgan fingerprint density at radius 2 is 2.26 bits per heavy atom. The number of benzene rings is 1. The average molecular weight is 332 g/mol. The van der Waals surface area contributed by atoms with Gasteiger partial charge in [0.1, 0.15) is 10.7 Å². The summed E-state index contributed by atoms with van der Waals surface area (Å²) >= 11 is 1.43. The van der Waals surface area contributed by atoms with E-state index < -0.39 is 0 Å². The summed E-state index contributed by atoms with van der Waals surface area (Å²) in [4.78, 5) is 16.6. The first-order valence-electron chi connectivity index (χ1n) is 7.55. The minimum Gasteiger partial charge on any atom is -0.454 e. The second-order valence-electron chi connectivity index (χ2n) is 5.45. The predicted molar refractivity (Wildman–Crippen MR) is 85.0 cm³/mol. The Labute approximate surface area is 137 Å². The third kappa shape index (κ3) is 3.02. The van der Waals surface area contributed by atoms with Crippen LogP contribution in [0.3, 0.4) is 0 Å². The first-order chi connectivity index (χ1) is 11.3. The summed E-state index contributed by atoms with van der Waals surface area (Å²) in [6.07, 6.45) is 2.19. The van der Waals surface area contributed by atoms with Crippen molar-refractivity contribution in [2.24, 2.45) is 0 Å². The SMILES string of the molecule is O=C(NC[C@H]1CCCO1)c1csc(-c2ccc3c(c2)OCO3)n1. The number of carbonyl (C=O) groups excluding carboxylic acids is 1. The molecule has 0 bridgehead atoms. The highest BCUT2D eigenvalue weighted by molar-refractivity contribution is 7.13. The van der Waals surface area contributed by atoms with Crippen LogP contribution in [0.4, 0.5) is 0 Å². The Balaban J connectivity index is 1.44. The number of fused-ring (bicyclic) bond motifs is 1. The molecule has 0 unspecified atom stereocenters. The fraction of sp³-hybridized carbons (Fsp3) is 0.375. The average Bonchev–Trinajstić information content (AvgIpc) is 3.32. The fourth-order valence-corrected chi connectivity index (χ4v) is 3.44. The van der Waals surface area contributed by atoms with E-state index in [9.17, 15) is 4.79 Å². The molecule has 1 saturated heterocycles. The van der Waals surface area contributed by atoms with E-state index in [1.165, 1.54) is 11.3 Å². The van der Waals surface area contributed by atoms with Crippen molar-refractivity contribution in [3.8, 4) is 22.1 Å². The Hall–Kier alpha value is -2.12. The van der Waals surface area contributed by atoms with Gasteiger partial charge in [0.05, 0.1) is 6.10 Å². The summed E-state index contributed by atoms with van der Waals surface area (Å²) in [6, 6.07) is 5.66. The first-order valence-corrected chi connectivity index (χ1v) is 8.43. The highest BCUT2D eigenvalue weighted by atomic mass is 32.1. The van der Waals surface area contributed by atoms with Crippen LogP contribution < -0.4 is 14.8 Å². The zero-order chi connectivity index (χ0) is 15.6. The monoisotopic (exact) mass is 332 g/mol. The van der Waals surface area contributed by atoms with Gasteiger partial charge in [-0.15, -0.1) is 11.3 Å². The lowest BCUT2D eigenvalue weighted by Gasteiger charge is -2.09. The molecule has 2 aliphatic rings. The number of hydrogen-bond acceptors (Lipinski definition) is 6. The van der Waals surface area contributed by atoms with E-state index in [0.29, 0.717) is 18.0 Å². The van der Waals surface area contributed by atoms with Crippen molar-refractivity contribution in [1.82, 2.24) is 10.3 Å². The standard InChI is InChI=1S/C16H16N2O4S/c19-15(17-7-11-2-1-5-20-11)12-8-23-16(18-12)10-3-4-13-14(6-10)22-9-21-13/h3-4,6,8,11H,1-2,5,7,9H2,(H,17,19)/t11-/m1/s1. The highest BCUT2D eigenvalue weighted by Gasteiger charge is 2.19. The van der Waals surface area contributed by atoms with Gasteiger partial charge < -0.3 is 19.5 Å². The molecule has 1 amide bonds. The van der Waals surface area contributed by atoms with E-state index in [2.05, 4.69) is 10.3 Å². The zero-order valence-corrected chi connectivity index (χ0v) is 13.2. The van der Waals surface area contributed by atoms with Gasteiger partial charge in [-0.2, -0.15) is 0 Å². The van der Waals surface area contributed by atoms with E-state index in [4.69, 9.17) is 14.2 Å². The van der Waals surface area contributed by atoms with Crippen molar-refractivity contribution in [1.29, 1.82) is 0 Å². The molecule has 1 atom stereocenters. The maximum Gasteiger partial charge on any atom is 0.270 e. The number of nitrogens with one attached hydrogen (secondary N) is 1. The quantitative estimate of drug-likeness (QED) is 0.931. The molecule has 1 N–H and O–H groups in total. The molecular formula is C16H16N2O4S. The molecule has 1 fully saturated rings. The van der Waals surface area contributed by atoms with Crippen LogP contribution in [0.2, 0.25) is 0 Å². The van der Waals surface area contributed by atoms with Crippen molar-refractivity contribution >= 4 is 17.2 Å². The van der Waals surface area contributed by atoms with Gasteiger partial charge >= 0.3 is 0 Å². The summed E-state index contributed by atoms with van der Waals surface area (Å²) in [5, 5.41) is 5.43. The molecule has 0 radical (unpaired) electrons. The number of amides is 1. The Morgan fingerprint density at radius 1 is 1.35 bits per heavy atom. The molecule has 2 aliphatic heterocycles. The minimum atomic E-state index is -0.163. The molecule has 2 aromatic rings. The lowest BCUT2D eigenvalue weighted by Crippen LogP contribution is -2.31. The number of aromatic nitrogens is 1. The number of hydrogen-bond donors (Lipinski definition) is 1. The Morgan fingerprint density at radius 3 is 3.13 bits per heavy atom. The predicted octanol–water partition coefficient (Wildman–Crippen LogP) is 2.45. The van der Waals surface area contributed by atoms with E-state index >= 15 is 0 Å². The molecule has 0 saturated carbocycles.